The first-order valence-corrected chi connectivity index (χ1v) is 3.60. The van der Waals surface area contributed by atoms with Gasteiger partial charge in [-0.2, -0.15) is 23.4 Å². The average molecular weight is 219 g/mol. The number of amides is 1. The smallest absolute Gasteiger partial charge is 0.415 e. The van der Waals surface area contributed by atoms with Gasteiger partial charge in [-0.05, 0) is 0 Å². The topological polar surface area (TPSA) is 78.9 Å². The highest BCUT2D eigenvalue weighted by atomic mass is 19.4. The quantitative estimate of drug-likeness (QED) is 0.776. The molecule has 0 fully saturated rings. The number of nitriles is 1. The Labute approximate surface area is 81.5 Å². The van der Waals surface area contributed by atoms with Crippen molar-refractivity contribution in [3.8, 4) is 6.07 Å². The average Bonchev–Trinajstić information content (AvgIpc) is 2.45. The van der Waals surface area contributed by atoms with E-state index in [0.717, 1.165) is 6.92 Å². The zero-order valence-electron chi connectivity index (χ0n) is 7.34. The lowest BCUT2D eigenvalue weighted by atomic mass is 10.5. The molecule has 1 aromatic heterocycles. The van der Waals surface area contributed by atoms with E-state index in [2.05, 4.69) is 9.40 Å². The van der Waals surface area contributed by atoms with Gasteiger partial charge in [0.05, 0.1) is 0 Å². The molecule has 0 unspecified atom stereocenters. The number of oxazole rings is 1. The molecule has 1 amide bonds. The lowest BCUT2D eigenvalue weighted by Gasteiger charge is -1.98. The first-order valence-electron chi connectivity index (χ1n) is 3.60. The van der Waals surface area contributed by atoms with E-state index in [1.165, 1.54) is 6.07 Å². The number of rotatable bonds is 1. The Bertz CT molecular complexity index is 430. The highest BCUT2D eigenvalue weighted by molar-refractivity contribution is 5.88. The molecular weight excluding hydrogens is 215 g/mol. The van der Waals surface area contributed by atoms with Crippen LogP contribution in [0.3, 0.4) is 0 Å². The van der Waals surface area contributed by atoms with Crippen molar-refractivity contribution >= 4 is 11.8 Å². The number of aromatic nitrogens is 1. The van der Waals surface area contributed by atoms with Crippen LogP contribution in [0.4, 0.5) is 19.1 Å². The minimum atomic E-state index is -4.79. The fourth-order valence-electron chi connectivity index (χ4n) is 0.762. The molecule has 1 rings (SSSR count). The van der Waals surface area contributed by atoms with Gasteiger partial charge in [0.1, 0.15) is 6.07 Å². The molecule has 0 aliphatic heterocycles. The monoisotopic (exact) mass is 219 g/mol. The molecule has 0 aliphatic carbocycles. The van der Waals surface area contributed by atoms with E-state index < -0.39 is 29.6 Å². The van der Waals surface area contributed by atoms with Crippen LogP contribution in [0.1, 0.15) is 18.5 Å². The highest BCUT2D eigenvalue weighted by Gasteiger charge is 2.38. The SMILES string of the molecule is CC(=O)Nc1oc(C(F)(F)F)nc1C#N. The number of carbonyl (C=O) groups excluding carboxylic acids is 1. The maximum Gasteiger partial charge on any atom is 0.469 e. The van der Waals surface area contributed by atoms with Crippen LogP contribution in [0.25, 0.3) is 0 Å². The van der Waals surface area contributed by atoms with Gasteiger partial charge in [-0.1, -0.05) is 0 Å². The van der Waals surface area contributed by atoms with Crippen molar-refractivity contribution in [3.63, 3.8) is 0 Å². The zero-order chi connectivity index (χ0) is 11.6. The first kappa shape index (κ1) is 11.0. The number of hydrogen-bond donors (Lipinski definition) is 1. The molecule has 80 valence electrons. The molecule has 0 spiro atoms. The summed E-state index contributed by atoms with van der Waals surface area (Å²) in [5.74, 6) is -2.82. The van der Waals surface area contributed by atoms with Crippen molar-refractivity contribution in [2.75, 3.05) is 5.32 Å². The number of hydrogen-bond acceptors (Lipinski definition) is 4. The molecule has 0 bridgehead atoms. The van der Waals surface area contributed by atoms with Crippen LogP contribution in [0.2, 0.25) is 0 Å². The Morgan fingerprint density at radius 2 is 2.20 bits per heavy atom. The van der Waals surface area contributed by atoms with Crippen molar-refractivity contribution in [2.24, 2.45) is 0 Å². The largest absolute Gasteiger partial charge is 0.469 e. The summed E-state index contributed by atoms with van der Waals surface area (Å²) in [6.07, 6.45) is -4.79. The molecule has 5 nitrogen and oxygen atoms in total. The van der Waals surface area contributed by atoms with Crippen LogP contribution < -0.4 is 5.32 Å². The Morgan fingerprint density at radius 3 is 2.60 bits per heavy atom. The van der Waals surface area contributed by atoms with E-state index in [4.69, 9.17) is 5.26 Å². The van der Waals surface area contributed by atoms with E-state index >= 15 is 0 Å². The van der Waals surface area contributed by atoms with Gasteiger partial charge in [0.2, 0.25) is 17.5 Å². The van der Waals surface area contributed by atoms with Crippen molar-refractivity contribution in [1.82, 2.24) is 4.98 Å². The van der Waals surface area contributed by atoms with Gasteiger partial charge in [0.15, 0.2) is 0 Å². The molecule has 1 aromatic rings. The van der Waals surface area contributed by atoms with Gasteiger partial charge in [0.25, 0.3) is 0 Å². The van der Waals surface area contributed by atoms with Crippen LogP contribution in [-0.2, 0) is 11.0 Å². The summed E-state index contributed by atoms with van der Waals surface area (Å²) in [5, 5.41) is 10.3. The molecular formula is C7H4F3N3O2. The predicted molar refractivity (Wildman–Crippen MR) is 40.5 cm³/mol. The number of anilines is 1. The molecule has 1 N–H and O–H groups in total. The number of halogens is 3. The summed E-state index contributed by atoms with van der Waals surface area (Å²) in [5.41, 5.74) is -0.613. The fraction of sp³-hybridized carbons (Fsp3) is 0.286. The van der Waals surface area contributed by atoms with Gasteiger partial charge in [-0.15, -0.1) is 0 Å². The third-order valence-electron chi connectivity index (χ3n) is 1.27. The third kappa shape index (κ3) is 2.46. The van der Waals surface area contributed by atoms with E-state index in [9.17, 15) is 18.0 Å². The van der Waals surface area contributed by atoms with Crippen LogP contribution in [-0.4, -0.2) is 10.9 Å². The Morgan fingerprint density at radius 1 is 1.60 bits per heavy atom. The summed E-state index contributed by atoms with van der Waals surface area (Å²) in [6, 6.07) is 1.37. The Kier molecular flexibility index (Phi) is 2.65. The number of alkyl halides is 3. The third-order valence-corrected chi connectivity index (χ3v) is 1.27. The van der Waals surface area contributed by atoms with E-state index in [1.54, 1.807) is 0 Å². The van der Waals surface area contributed by atoms with E-state index in [1.807, 2.05) is 5.32 Å². The molecule has 0 saturated carbocycles. The fourth-order valence-corrected chi connectivity index (χ4v) is 0.762. The van der Waals surface area contributed by atoms with Crippen LogP contribution in [0, 0.1) is 11.3 Å². The second-order valence-corrected chi connectivity index (χ2v) is 2.49. The predicted octanol–water partition coefficient (Wildman–Crippen LogP) is 1.52. The Hall–Kier alpha value is -2.04. The second kappa shape index (κ2) is 3.61. The number of nitrogens with one attached hydrogen (secondary N) is 1. The highest BCUT2D eigenvalue weighted by Crippen LogP contribution is 2.31. The molecule has 8 heteroatoms. The summed E-state index contributed by atoms with van der Waals surface area (Å²) >= 11 is 0. The van der Waals surface area contributed by atoms with Crippen LogP contribution >= 0.6 is 0 Å². The maximum atomic E-state index is 12.1. The normalized spacial score (nSPS) is 10.9. The zero-order valence-corrected chi connectivity index (χ0v) is 7.34. The van der Waals surface area contributed by atoms with Gasteiger partial charge in [-0.25, -0.2) is 0 Å². The molecule has 1 heterocycles. The molecule has 0 atom stereocenters. The minimum Gasteiger partial charge on any atom is -0.415 e. The molecule has 0 aromatic carbocycles. The minimum absolute atomic E-state index is 0.600. The van der Waals surface area contributed by atoms with Crippen LogP contribution in [0.15, 0.2) is 4.42 Å². The molecule has 15 heavy (non-hydrogen) atoms. The summed E-state index contributed by atoms with van der Waals surface area (Å²) in [7, 11) is 0. The van der Waals surface area contributed by atoms with Gasteiger partial charge < -0.3 is 4.42 Å². The lowest BCUT2D eigenvalue weighted by molar-refractivity contribution is -0.156. The van der Waals surface area contributed by atoms with E-state index in [-0.39, 0.29) is 0 Å². The molecule has 0 aliphatic rings. The van der Waals surface area contributed by atoms with Crippen molar-refractivity contribution < 1.29 is 22.4 Å². The summed E-state index contributed by atoms with van der Waals surface area (Å²) in [4.78, 5) is 13.4. The lowest BCUT2D eigenvalue weighted by Crippen LogP contribution is -2.06. The van der Waals surface area contributed by atoms with Gasteiger partial charge in [-0.3, -0.25) is 10.1 Å². The van der Waals surface area contributed by atoms with Gasteiger partial charge >= 0.3 is 12.1 Å². The standard InChI is InChI=1S/C7H4F3N3O2/c1-3(14)12-5-4(2-11)13-6(15-5)7(8,9)10/h1H3,(H,12,14). The molecule has 0 radical (unpaired) electrons. The number of nitrogens with zero attached hydrogens (tertiary/aromatic N) is 2. The Balaban J connectivity index is 3.13. The van der Waals surface area contributed by atoms with Crippen molar-refractivity contribution in [3.05, 3.63) is 11.6 Å². The van der Waals surface area contributed by atoms with Crippen LogP contribution in [0.5, 0.6) is 0 Å². The number of carbonyl (C=O) groups is 1. The van der Waals surface area contributed by atoms with Crippen molar-refractivity contribution in [1.29, 1.82) is 5.26 Å². The van der Waals surface area contributed by atoms with Gasteiger partial charge in [0, 0.05) is 6.92 Å². The second-order valence-electron chi connectivity index (χ2n) is 2.49. The maximum absolute atomic E-state index is 12.1. The summed E-state index contributed by atoms with van der Waals surface area (Å²) < 4.78 is 40.4. The summed E-state index contributed by atoms with van der Waals surface area (Å²) in [6.45, 7) is 1.07. The van der Waals surface area contributed by atoms with E-state index in [0.29, 0.717) is 0 Å². The molecule has 0 saturated heterocycles. The van der Waals surface area contributed by atoms with Crippen molar-refractivity contribution in [2.45, 2.75) is 13.1 Å². The first-order chi connectivity index (χ1) is 6.84.